The minimum Gasteiger partial charge on any atom is -0.507 e. The molecule has 1 aromatic heterocycles. The van der Waals surface area contributed by atoms with Crippen molar-refractivity contribution >= 4 is 5.69 Å². The van der Waals surface area contributed by atoms with Gasteiger partial charge in [-0.3, -0.25) is 9.80 Å². The predicted octanol–water partition coefficient (Wildman–Crippen LogP) is 3.66. The number of aromatic hydroxyl groups is 1. The van der Waals surface area contributed by atoms with Gasteiger partial charge in [0.25, 0.3) is 0 Å². The molecular formula is C27H31N3O3. The zero-order valence-electron chi connectivity index (χ0n) is 18.9. The zero-order chi connectivity index (χ0) is 22.6. The molecule has 172 valence electrons. The highest BCUT2D eigenvalue weighted by Gasteiger charge is 2.27. The monoisotopic (exact) mass is 445 g/mol. The molecule has 2 aliphatic heterocycles. The molecule has 2 saturated heterocycles. The molecule has 6 heteroatoms. The number of nitrogens with zero attached hydrogens (tertiary/aromatic N) is 3. The van der Waals surface area contributed by atoms with Crippen LogP contribution in [0.15, 0.2) is 76.1 Å². The van der Waals surface area contributed by atoms with Crippen LogP contribution in [0.25, 0.3) is 0 Å². The van der Waals surface area contributed by atoms with Crippen LogP contribution in [0.4, 0.5) is 5.69 Å². The first-order valence-corrected chi connectivity index (χ1v) is 11.8. The molecule has 6 nitrogen and oxygen atoms in total. The SMILES string of the molecule is O=c1occ(CN2CCN(c3ccccc3)CC2)c(O)c1CN1CC[C@H](c2ccccc2)C1. The summed E-state index contributed by atoms with van der Waals surface area (Å²) in [6, 6.07) is 20.9. The second-order valence-electron chi connectivity index (χ2n) is 9.11. The largest absolute Gasteiger partial charge is 0.507 e. The number of hydrogen-bond donors (Lipinski definition) is 1. The predicted molar refractivity (Wildman–Crippen MR) is 130 cm³/mol. The summed E-state index contributed by atoms with van der Waals surface area (Å²) in [4.78, 5) is 19.4. The maximum Gasteiger partial charge on any atom is 0.343 e. The molecule has 0 unspecified atom stereocenters. The van der Waals surface area contributed by atoms with E-state index in [2.05, 4.69) is 63.2 Å². The van der Waals surface area contributed by atoms with Gasteiger partial charge in [-0.25, -0.2) is 4.79 Å². The highest BCUT2D eigenvalue weighted by Crippen LogP contribution is 2.30. The van der Waals surface area contributed by atoms with Crippen LogP contribution in [-0.2, 0) is 13.1 Å². The number of anilines is 1. The number of para-hydroxylation sites is 1. The lowest BCUT2D eigenvalue weighted by molar-refractivity contribution is 0.241. The van der Waals surface area contributed by atoms with Crippen LogP contribution in [0.5, 0.6) is 5.75 Å². The van der Waals surface area contributed by atoms with Crippen LogP contribution in [0.1, 0.15) is 29.0 Å². The maximum absolute atomic E-state index is 12.4. The second-order valence-corrected chi connectivity index (χ2v) is 9.11. The second kappa shape index (κ2) is 9.81. The normalized spacial score (nSPS) is 19.8. The number of rotatable bonds is 6. The van der Waals surface area contributed by atoms with Crippen LogP contribution in [0.3, 0.4) is 0 Å². The van der Waals surface area contributed by atoms with Crippen molar-refractivity contribution < 1.29 is 9.52 Å². The molecule has 2 fully saturated rings. The molecule has 3 aromatic rings. The van der Waals surface area contributed by atoms with Crippen molar-refractivity contribution in [2.45, 2.75) is 25.4 Å². The van der Waals surface area contributed by atoms with E-state index in [-0.39, 0.29) is 5.75 Å². The summed E-state index contributed by atoms with van der Waals surface area (Å²) in [7, 11) is 0. The van der Waals surface area contributed by atoms with Gasteiger partial charge in [0.05, 0.1) is 5.56 Å². The molecule has 0 bridgehead atoms. The van der Waals surface area contributed by atoms with Gasteiger partial charge in [0.2, 0.25) is 0 Å². The molecule has 1 N–H and O–H groups in total. The van der Waals surface area contributed by atoms with Gasteiger partial charge in [0.1, 0.15) is 12.0 Å². The lowest BCUT2D eigenvalue weighted by atomic mass is 9.99. The first kappa shape index (κ1) is 21.7. The van der Waals surface area contributed by atoms with Crippen LogP contribution < -0.4 is 10.5 Å². The Morgan fingerprint density at radius 3 is 2.27 bits per heavy atom. The van der Waals surface area contributed by atoms with E-state index in [1.54, 1.807) is 0 Å². The summed E-state index contributed by atoms with van der Waals surface area (Å²) in [6.07, 6.45) is 2.49. The fourth-order valence-corrected chi connectivity index (χ4v) is 5.03. The van der Waals surface area contributed by atoms with Gasteiger partial charge in [0, 0.05) is 57.1 Å². The summed E-state index contributed by atoms with van der Waals surface area (Å²) in [5.41, 5.74) is 3.21. The Balaban J connectivity index is 1.22. The van der Waals surface area contributed by atoms with E-state index < -0.39 is 5.63 Å². The lowest BCUT2D eigenvalue weighted by Gasteiger charge is -2.36. The number of likely N-dealkylation sites (tertiary alicyclic amines) is 1. The molecule has 0 radical (unpaired) electrons. The highest BCUT2D eigenvalue weighted by atomic mass is 16.4. The Hall–Kier alpha value is -3.09. The number of benzene rings is 2. The molecule has 3 heterocycles. The molecule has 0 saturated carbocycles. The Kier molecular flexibility index (Phi) is 6.46. The molecule has 0 aliphatic carbocycles. The fourth-order valence-electron chi connectivity index (χ4n) is 5.03. The van der Waals surface area contributed by atoms with E-state index in [9.17, 15) is 9.90 Å². The summed E-state index contributed by atoms with van der Waals surface area (Å²) in [5.74, 6) is 0.560. The first-order chi connectivity index (χ1) is 16.2. The molecule has 1 atom stereocenters. The van der Waals surface area contributed by atoms with E-state index in [4.69, 9.17) is 4.42 Å². The first-order valence-electron chi connectivity index (χ1n) is 11.8. The molecule has 33 heavy (non-hydrogen) atoms. The zero-order valence-corrected chi connectivity index (χ0v) is 18.9. The van der Waals surface area contributed by atoms with Crippen molar-refractivity contribution in [2.75, 3.05) is 44.2 Å². The van der Waals surface area contributed by atoms with Crippen molar-refractivity contribution in [3.05, 3.63) is 94.0 Å². The van der Waals surface area contributed by atoms with Crippen molar-refractivity contribution in [1.29, 1.82) is 0 Å². The third kappa shape index (κ3) is 4.97. The van der Waals surface area contributed by atoms with Crippen molar-refractivity contribution in [2.24, 2.45) is 0 Å². The van der Waals surface area contributed by atoms with Crippen molar-refractivity contribution in [1.82, 2.24) is 9.80 Å². The fraction of sp³-hybridized carbons (Fsp3) is 0.370. The molecule has 2 aromatic carbocycles. The van der Waals surface area contributed by atoms with Crippen LogP contribution in [-0.4, -0.2) is 54.2 Å². The third-order valence-corrected chi connectivity index (χ3v) is 6.96. The van der Waals surface area contributed by atoms with E-state index in [0.717, 1.165) is 45.7 Å². The van der Waals surface area contributed by atoms with Gasteiger partial charge < -0.3 is 14.4 Å². The average molecular weight is 446 g/mol. The summed E-state index contributed by atoms with van der Waals surface area (Å²) in [5, 5.41) is 10.9. The minimum atomic E-state index is -0.437. The Bertz CT molecular complexity index is 1110. The summed E-state index contributed by atoms with van der Waals surface area (Å²) in [6.45, 7) is 6.46. The molecule has 0 amide bonds. The minimum absolute atomic E-state index is 0.0971. The van der Waals surface area contributed by atoms with Crippen LogP contribution >= 0.6 is 0 Å². The summed E-state index contributed by atoms with van der Waals surface area (Å²) >= 11 is 0. The Morgan fingerprint density at radius 1 is 0.848 bits per heavy atom. The summed E-state index contributed by atoms with van der Waals surface area (Å²) < 4.78 is 5.34. The third-order valence-electron chi connectivity index (χ3n) is 6.96. The van der Waals surface area contributed by atoms with Gasteiger partial charge in [0.15, 0.2) is 0 Å². The van der Waals surface area contributed by atoms with E-state index in [1.165, 1.54) is 17.5 Å². The smallest absolute Gasteiger partial charge is 0.343 e. The van der Waals surface area contributed by atoms with Crippen molar-refractivity contribution in [3.63, 3.8) is 0 Å². The molecule has 2 aliphatic rings. The van der Waals surface area contributed by atoms with Gasteiger partial charge in [-0.15, -0.1) is 0 Å². The topological polar surface area (TPSA) is 60.2 Å². The van der Waals surface area contributed by atoms with Crippen molar-refractivity contribution in [3.8, 4) is 5.75 Å². The van der Waals surface area contributed by atoms with Gasteiger partial charge in [-0.05, 0) is 36.6 Å². The van der Waals surface area contributed by atoms with Crippen LogP contribution in [0, 0.1) is 0 Å². The van der Waals surface area contributed by atoms with Gasteiger partial charge in [-0.1, -0.05) is 48.5 Å². The number of hydrogen-bond acceptors (Lipinski definition) is 6. The lowest BCUT2D eigenvalue weighted by Crippen LogP contribution is -2.46. The molecule has 0 spiro atoms. The van der Waals surface area contributed by atoms with E-state index in [1.807, 2.05) is 12.1 Å². The standard InChI is InChI=1S/C27H31N3O3/c31-26-23(18-28-13-15-30(16-14-28)24-9-5-2-6-10-24)20-33-27(32)25(26)19-29-12-11-22(17-29)21-7-3-1-4-8-21/h1-10,20,22,31H,11-19H2/t22-/m0/s1. The maximum atomic E-state index is 12.4. The van der Waals surface area contributed by atoms with E-state index in [0.29, 0.717) is 30.1 Å². The Labute approximate surface area is 194 Å². The molecular weight excluding hydrogens is 414 g/mol. The highest BCUT2D eigenvalue weighted by molar-refractivity contribution is 5.46. The Morgan fingerprint density at radius 2 is 1.55 bits per heavy atom. The van der Waals surface area contributed by atoms with Gasteiger partial charge >= 0.3 is 5.63 Å². The quantitative estimate of drug-likeness (QED) is 0.625. The molecule has 5 rings (SSSR count). The van der Waals surface area contributed by atoms with Crippen LogP contribution in [0.2, 0.25) is 0 Å². The average Bonchev–Trinajstić information content (AvgIpc) is 3.34. The number of piperazine rings is 1. The van der Waals surface area contributed by atoms with E-state index >= 15 is 0 Å². The van der Waals surface area contributed by atoms with Gasteiger partial charge in [-0.2, -0.15) is 0 Å².